The van der Waals surface area contributed by atoms with Crippen LogP contribution in [0.25, 0.3) is 0 Å². The Morgan fingerprint density at radius 2 is 2.10 bits per heavy atom. The van der Waals surface area contributed by atoms with Gasteiger partial charge in [-0.2, -0.15) is 0 Å². The number of hydrogen-bond acceptors (Lipinski definition) is 3. The zero-order valence-electron chi connectivity index (χ0n) is 12.8. The summed E-state index contributed by atoms with van der Waals surface area (Å²) < 4.78 is 5.52. The van der Waals surface area contributed by atoms with Crippen LogP contribution in [0.1, 0.15) is 25.8 Å². The topological polar surface area (TPSA) is 24.5 Å². The summed E-state index contributed by atoms with van der Waals surface area (Å²) in [5.41, 5.74) is 1.42. The van der Waals surface area contributed by atoms with Crippen LogP contribution in [-0.4, -0.2) is 49.8 Å². The molecule has 0 aromatic heterocycles. The van der Waals surface area contributed by atoms with Crippen molar-refractivity contribution in [3.05, 3.63) is 35.9 Å². The lowest BCUT2D eigenvalue weighted by molar-refractivity contribution is 0.0965. The van der Waals surface area contributed by atoms with Gasteiger partial charge in [0.1, 0.15) is 0 Å². The molecule has 0 aliphatic carbocycles. The third kappa shape index (κ3) is 4.89. The third-order valence-corrected chi connectivity index (χ3v) is 4.13. The molecule has 1 heterocycles. The quantitative estimate of drug-likeness (QED) is 0.807. The van der Waals surface area contributed by atoms with Gasteiger partial charge in [0.2, 0.25) is 0 Å². The van der Waals surface area contributed by atoms with Gasteiger partial charge < -0.3 is 10.1 Å². The Bertz CT molecular complexity index is 369. The minimum atomic E-state index is 0.545. The summed E-state index contributed by atoms with van der Waals surface area (Å²) in [5.74, 6) is 0. The van der Waals surface area contributed by atoms with Crippen molar-refractivity contribution < 1.29 is 4.74 Å². The first-order valence-corrected chi connectivity index (χ1v) is 7.88. The van der Waals surface area contributed by atoms with Gasteiger partial charge in [-0.15, -0.1) is 0 Å². The summed E-state index contributed by atoms with van der Waals surface area (Å²) in [7, 11) is 0. The second-order valence-electron chi connectivity index (χ2n) is 5.67. The summed E-state index contributed by atoms with van der Waals surface area (Å²) in [4.78, 5) is 2.57. The molecular formula is C17H28N2O. The Balaban J connectivity index is 1.89. The third-order valence-electron chi connectivity index (χ3n) is 4.13. The van der Waals surface area contributed by atoms with Crippen LogP contribution in [0.3, 0.4) is 0 Å². The zero-order valence-corrected chi connectivity index (χ0v) is 12.8. The maximum atomic E-state index is 5.52. The van der Waals surface area contributed by atoms with Gasteiger partial charge in [0, 0.05) is 31.8 Å². The predicted octanol–water partition coefficient (Wildman–Crippen LogP) is 2.32. The zero-order chi connectivity index (χ0) is 14.2. The molecule has 2 atom stereocenters. The highest BCUT2D eigenvalue weighted by Gasteiger charge is 2.22. The summed E-state index contributed by atoms with van der Waals surface area (Å²) in [5, 5.41) is 3.70. The van der Waals surface area contributed by atoms with E-state index in [2.05, 4.69) is 54.4 Å². The first-order chi connectivity index (χ1) is 9.79. The second kappa shape index (κ2) is 8.40. The van der Waals surface area contributed by atoms with Crippen molar-refractivity contribution in [2.75, 3.05) is 32.8 Å². The molecule has 0 bridgehead atoms. The average Bonchev–Trinajstić information content (AvgIpc) is 2.63. The molecule has 1 saturated heterocycles. The standard InChI is InChI=1S/C17H28N2O/c1-3-20-12-11-19-14-17(18-10-9-15(19)2)13-16-7-5-4-6-8-16/h4-8,15,17-18H,3,9-14H2,1-2H3. The molecule has 0 saturated carbocycles. The molecule has 2 rings (SSSR count). The number of hydrogen-bond donors (Lipinski definition) is 1. The maximum Gasteiger partial charge on any atom is 0.0593 e. The van der Waals surface area contributed by atoms with Crippen molar-refractivity contribution >= 4 is 0 Å². The molecule has 1 N–H and O–H groups in total. The normalized spacial score (nSPS) is 24.5. The highest BCUT2D eigenvalue weighted by Crippen LogP contribution is 2.12. The van der Waals surface area contributed by atoms with Gasteiger partial charge in [-0.25, -0.2) is 0 Å². The fourth-order valence-corrected chi connectivity index (χ4v) is 2.88. The van der Waals surface area contributed by atoms with Crippen LogP contribution in [0.15, 0.2) is 30.3 Å². The summed E-state index contributed by atoms with van der Waals surface area (Å²) >= 11 is 0. The van der Waals surface area contributed by atoms with E-state index < -0.39 is 0 Å². The average molecular weight is 276 g/mol. The van der Waals surface area contributed by atoms with Crippen LogP contribution in [0, 0.1) is 0 Å². The largest absolute Gasteiger partial charge is 0.380 e. The number of nitrogens with zero attached hydrogens (tertiary/aromatic N) is 1. The van der Waals surface area contributed by atoms with E-state index in [-0.39, 0.29) is 0 Å². The Labute approximate surface area is 123 Å². The molecule has 0 amide bonds. The van der Waals surface area contributed by atoms with Crippen LogP contribution >= 0.6 is 0 Å². The van der Waals surface area contributed by atoms with Crippen LogP contribution in [0.2, 0.25) is 0 Å². The van der Waals surface area contributed by atoms with Gasteiger partial charge in [-0.05, 0) is 38.8 Å². The van der Waals surface area contributed by atoms with Gasteiger partial charge in [0.15, 0.2) is 0 Å². The van der Waals surface area contributed by atoms with E-state index in [1.54, 1.807) is 0 Å². The van der Waals surface area contributed by atoms with Gasteiger partial charge in [0.05, 0.1) is 6.61 Å². The molecular weight excluding hydrogens is 248 g/mol. The number of rotatable bonds is 6. The molecule has 2 unspecified atom stereocenters. The first kappa shape index (κ1) is 15.5. The molecule has 1 fully saturated rings. The Morgan fingerprint density at radius 3 is 2.85 bits per heavy atom. The highest BCUT2D eigenvalue weighted by molar-refractivity contribution is 5.16. The van der Waals surface area contributed by atoms with Crippen molar-refractivity contribution in [3.8, 4) is 0 Å². The molecule has 3 heteroatoms. The molecule has 20 heavy (non-hydrogen) atoms. The van der Waals surface area contributed by atoms with Crippen LogP contribution in [0.5, 0.6) is 0 Å². The van der Waals surface area contributed by atoms with E-state index in [1.807, 2.05) is 0 Å². The van der Waals surface area contributed by atoms with Crippen molar-refractivity contribution in [2.24, 2.45) is 0 Å². The minimum Gasteiger partial charge on any atom is -0.380 e. The fourth-order valence-electron chi connectivity index (χ4n) is 2.88. The molecule has 0 radical (unpaired) electrons. The monoisotopic (exact) mass is 276 g/mol. The Kier molecular flexibility index (Phi) is 6.51. The summed E-state index contributed by atoms with van der Waals surface area (Å²) in [6, 6.07) is 12.0. The molecule has 1 aliphatic heterocycles. The van der Waals surface area contributed by atoms with E-state index >= 15 is 0 Å². The second-order valence-corrected chi connectivity index (χ2v) is 5.67. The smallest absolute Gasteiger partial charge is 0.0593 e. The summed E-state index contributed by atoms with van der Waals surface area (Å²) in [6.45, 7) is 9.33. The van der Waals surface area contributed by atoms with E-state index in [0.29, 0.717) is 12.1 Å². The number of benzene rings is 1. The number of ether oxygens (including phenoxy) is 1. The van der Waals surface area contributed by atoms with Gasteiger partial charge >= 0.3 is 0 Å². The van der Waals surface area contributed by atoms with Gasteiger partial charge in [0.25, 0.3) is 0 Å². The SMILES string of the molecule is CCOCCN1CC(Cc2ccccc2)NCCC1C. The highest BCUT2D eigenvalue weighted by atomic mass is 16.5. The molecule has 0 spiro atoms. The molecule has 112 valence electrons. The molecule has 1 aromatic carbocycles. The predicted molar refractivity (Wildman–Crippen MR) is 84.1 cm³/mol. The van der Waals surface area contributed by atoms with Crippen molar-refractivity contribution in [1.29, 1.82) is 0 Å². The van der Waals surface area contributed by atoms with E-state index in [4.69, 9.17) is 4.74 Å². The van der Waals surface area contributed by atoms with Crippen molar-refractivity contribution in [2.45, 2.75) is 38.8 Å². The van der Waals surface area contributed by atoms with Crippen molar-refractivity contribution in [1.82, 2.24) is 10.2 Å². The molecule has 1 aromatic rings. The van der Waals surface area contributed by atoms with E-state index in [9.17, 15) is 0 Å². The Hall–Kier alpha value is -0.900. The number of nitrogens with one attached hydrogen (secondary N) is 1. The van der Waals surface area contributed by atoms with Crippen LogP contribution in [0.4, 0.5) is 0 Å². The maximum absolute atomic E-state index is 5.52. The lowest BCUT2D eigenvalue weighted by Crippen LogP contribution is -2.42. The lowest BCUT2D eigenvalue weighted by atomic mass is 10.1. The van der Waals surface area contributed by atoms with Gasteiger partial charge in [-0.1, -0.05) is 30.3 Å². The Morgan fingerprint density at radius 1 is 1.30 bits per heavy atom. The summed E-state index contributed by atoms with van der Waals surface area (Å²) in [6.07, 6.45) is 2.33. The minimum absolute atomic E-state index is 0.545. The lowest BCUT2D eigenvalue weighted by Gasteiger charge is -2.29. The fraction of sp³-hybridized carbons (Fsp3) is 0.647. The first-order valence-electron chi connectivity index (χ1n) is 7.88. The van der Waals surface area contributed by atoms with Crippen LogP contribution < -0.4 is 5.32 Å². The molecule has 3 nitrogen and oxygen atoms in total. The van der Waals surface area contributed by atoms with Crippen molar-refractivity contribution in [3.63, 3.8) is 0 Å². The van der Waals surface area contributed by atoms with E-state index in [1.165, 1.54) is 12.0 Å². The molecule has 1 aliphatic rings. The van der Waals surface area contributed by atoms with Crippen LogP contribution in [-0.2, 0) is 11.2 Å². The van der Waals surface area contributed by atoms with Gasteiger partial charge in [-0.3, -0.25) is 4.90 Å². The van der Waals surface area contributed by atoms with E-state index in [0.717, 1.165) is 39.3 Å².